The predicted molar refractivity (Wildman–Crippen MR) is 131 cm³/mol. The molecule has 34 heavy (non-hydrogen) atoms. The van der Waals surface area contributed by atoms with Crippen LogP contribution >= 0.6 is 11.3 Å². The maximum Gasteiger partial charge on any atom is 0.286 e. The van der Waals surface area contributed by atoms with Crippen molar-refractivity contribution in [2.45, 2.75) is 31.6 Å². The molecular formula is C25H28N4O4S. The molecule has 1 aromatic heterocycles. The molecule has 1 N–H and O–H groups in total. The molecule has 0 spiro atoms. The van der Waals surface area contributed by atoms with E-state index in [4.69, 9.17) is 9.47 Å². The van der Waals surface area contributed by atoms with Crippen LogP contribution < -0.4 is 14.8 Å². The lowest BCUT2D eigenvalue weighted by Gasteiger charge is -2.31. The number of carbonyl (C=O) groups is 2. The van der Waals surface area contributed by atoms with Gasteiger partial charge >= 0.3 is 0 Å². The molecule has 1 saturated heterocycles. The number of piperidine rings is 1. The first-order chi connectivity index (χ1) is 16.6. The van der Waals surface area contributed by atoms with Crippen molar-refractivity contribution in [3.8, 4) is 11.5 Å². The topological polar surface area (TPSA) is 93.7 Å². The first kappa shape index (κ1) is 23.7. The van der Waals surface area contributed by atoms with Gasteiger partial charge < -0.3 is 19.7 Å². The highest BCUT2D eigenvalue weighted by Crippen LogP contribution is 2.31. The average molecular weight is 481 g/mol. The van der Waals surface area contributed by atoms with Crippen LogP contribution in [0.25, 0.3) is 0 Å². The maximum absolute atomic E-state index is 12.7. The van der Waals surface area contributed by atoms with Gasteiger partial charge in [0.1, 0.15) is 16.5 Å². The first-order valence-electron chi connectivity index (χ1n) is 11.2. The zero-order chi connectivity index (χ0) is 23.9. The summed E-state index contributed by atoms with van der Waals surface area (Å²) in [5.41, 5.74) is 1.79. The number of carbonyl (C=O) groups excluding carboxylic acids is 2. The Bertz CT molecular complexity index is 1110. The number of likely N-dealkylation sites (tertiary alicyclic amines) is 1. The van der Waals surface area contributed by atoms with Crippen molar-refractivity contribution in [2.75, 3.05) is 32.6 Å². The van der Waals surface area contributed by atoms with Crippen molar-refractivity contribution in [1.82, 2.24) is 15.1 Å². The highest BCUT2D eigenvalue weighted by Gasteiger charge is 2.27. The summed E-state index contributed by atoms with van der Waals surface area (Å²) in [4.78, 5) is 27.1. The smallest absolute Gasteiger partial charge is 0.286 e. The Morgan fingerprint density at radius 2 is 1.59 bits per heavy atom. The SMILES string of the molecule is COc1ccc(CCC(=O)N2CCC(c3nnc(C(=O)Nc4ccc(OC)cc4)s3)CC2)cc1. The second-order valence-electron chi connectivity index (χ2n) is 8.13. The Balaban J connectivity index is 1.25. The molecule has 0 atom stereocenters. The van der Waals surface area contributed by atoms with Crippen LogP contribution in [0.15, 0.2) is 48.5 Å². The van der Waals surface area contributed by atoms with Gasteiger partial charge in [0, 0.05) is 31.1 Å². The molecule has 0 saturated carbocycles. The number of methoxy groups -OCH3 is 2. The number of aromatic nitrogens is 2. The van der Waals surface area contributed by atoms with Crippen molar-refractivity contribution in [3.05, 3.63) is 64.1 Å². The van der Waals surface area contributed by atoms with Crippen molar-refractivity contribution >= 4 is 28.8 Å². The third kappa shape index (κ3) is 5.91. The second-order valence-corrected chi connectivity index (χ2v) is 9.14. The minimum Gasteiger partial charge on any atom is -0.497 e. The molecular weight excluding hydrogens is 452 g/mol. The number of rotatable bonds is 8. The van der Waals surface area contributed by atoms with Gasteiger partial charge in [0.25, 0.3) is 5.91 Å². The number of nitrogens with one attached hydrogen (secondary N) is 1. The first-order valence-corrected chi connectivity index (χ1v) is 12.1. The number of hydrogen-bond acceptors (Lipinski definition) is 7. The number of hydrogen-bond donors (Lipinski definition) is 1. The Hall–Kier alpha value is -3.46. The lowest BCUT2D eigenvalue weighted by Crippen LogP contribution is -2.38. The average Bonchev–Trinajstić information content (AvgIpc) is 3.39. The Morgan fingerprint density at radius 1 is 0.971 bits per heavy atom. The molecule has 0 bridgehead atoms. The summed E-state index contributed by atoms with van der Waals surface area (Å²) in [5, 5.41) is 12.4. The molecule has 1 aliphatic heterocycles. The van der Waals surface area contributed by atoms with Gasteiger partial charge in [-0.05, 0) is 61.2 Å². The van der Waals surface area contributed by atoms with Crippen LogP contribution in [0, 0.1) is 0 Å². The summed E-state index contributed by atoms with van der Waals surface area (Å²) in [7, 11) is 3.24. The van der Waals surface area contributed by atoms with Crippen molar-refractivity contribution in [2.24, 2.45) is 0 Å². The summed E-state index contributed by atoms with van der Waals surface area (Å²) < 4.78 is 10.3. The lowest BCUT2D eigenvalue weighted by molar-refractivity contribution is -0.132. The van der Waals surface area contributed by atoms with Crippen LogP contribution in [0.2, 0.25) is 0 Å². The van der Waals surface area contributed by atoms with E-state index in [0.717, 1.165) is 34.9 Å². The molecule has 3 aromatic rings. The van der Waals surface area contributed by atoms with Gasteiger partial charge in [0.2, 0.25) is 10.9 Å². The highest BCUT2D eigenvalue weighted by molar-refractivity contribution is 7.13. The minimum atomic E-state index is -0.278. The summed E-state index contributed by atoms with van der Waals surface area (Å²) in [6.45, 7) is 1.39. The zero-order valence-corrected chi connectivity index (χ0v) is 20.1. The molecule has 0 radical (unpaired) electrons. The standard InChI is InChI=1S/C25H28N4O4S/c1-32-20-8-3-17(4-9-20)5-12-22(30)29-15-13-18(14-16-29)24-27-28-25(34-24)23(31)26-19-6-10-21(33-2)11-7-19/h3-4,6-11,18H,5,12-16H2,1-2H3,(H,26,31). The van der Waals surface area contributed by atoms with Crippen LogP contribution in [0.5, 0.6) is 11.5 Å². The summed E-state index contributed by atoms with van der Waals surface area (Å²) in [5.74, 6) is 1.65. The molecule has 1 fully saturated rings. The van der Waals surface area contributed by atoms with Gasteiger partial charge in [-0.2, -0.15) is 0 Å². The van der Waals surface area contributed by atoms with Crippen LogP contribution in [-0.2, 0) is 11.2 Å². The molecule has 9 heteroatoms. The van der Waals surface area contributed by atoms with E-state index in [9.17, 15) is 9.59 Å². The predicted octanol–water partition coefficient (Wildman–Crippen LogP) is 4.15. The lowest BCUT2D eigenvalue weighted by atomic mass is 9.97. The molecule has 2 aromatic carbocycles. The number of amides is 2. The number of benzene rings is 2. The fraction of sp³-hybridized carbons (Fsp3) is 0.360. The van der Waals surface area contributed by atoms with E-state index in [1.165, 1.54) is 11.3 Å². The molecule has 4 rings (SSSR count). The summed E-state index contributed by atoms with van der Waals surface area (Å²) in [6.07, 6.45) is 2.85. The van der Waals surface area contributed by atoms with E-state index in [-0.39, 0.29) is 17.7 Å². The van der Waals surface area contributed by atoms with Gasteiger partial charge in [-0.1, -0.05) is 23.5 Å². The summed E-state index contributed by atoms with van der Waals surface area (Å²) in [6, 6.07) is 14.9. The van der Waals surface area contributed by atoms with Crippen molar-refractivity contribution in [1.29, 1.82) is 0 Å². The molecule has 0 aliphatic carbocycles. The Labute approximate surface area is 202 Å². The normalized spacial score (nSPS) is 14.0. The molecule has 8 nitrogen and oxygen atoms in total. The van der Waals surface area contributed by atoms with E-state index in [1.807, 2.05) is 29.2 Å². The molecule has 2 heterocycles. The van der Waals surface area contributed by atoms with Crippen LogP contribution in [0.4, 0.5) is 5.69 Å². The fourth-order valence-electron chi connectivity index (χ4n) is 3.93. The van der Waals surface area contributed by atoms with Crippen molar-refractivity contribution in [3.63, 3.8) is 0 Å². The van der Waals surface area contributed by atoms with Gasteiger partial charge in [-0.25, -0.2) is 0 Å². The van der Waals surface area contributed by atoms with Gasteiger partial charge in [0.15, 0.2) is 0 Å². The van der Waals surface area contributed by atoms with Gasteiger partial charge in [0.05, 0.1) is 14.2 Å². The van der Waals surface area contributed by atoms with Gasteiger partial charge in [-0.3, -0.25) is 9.59 Å². The fourth-order valence-corrected chi connectivity index (χ4v) is 4.84. The maximum atomic E-state index is 12.7. The third-order valence-electron chi connectivity index (χ3n) is 5.97. The van der Waals surface area contributed by atoms with E-state index in [0.29, 0.717) is 36.6 Å². The molecule has 1 aliphatic rings. The monoisotopic (exact) mass is 480 g/mol. The second kappa shape index (κ2) is 11.1. The molecule has 178 valence electrons. The van der Waals surface area contributed by atoms with E-state index >= 15 is 0 Å². The van der Waals surface area contributed by atoms with E-state index in [2.05, 4.69) is 15.5 Å². The number of anilines is 1. The number of ether oxygens (including phenoxy) is 2. The number of nitrogens with zero attached hydrogens (tertiary/aromatic N) is 3. The molecule has 0 unspecified atom stereocenters. The quantitative estimate of drug-likeness (QED) is 0.521. The van der Waals surface area contributed by atoms with Crippen LogP contribution in [0.3, 0.4) is 0 Å². The summed E-state index contributed by atoms with van der Waals surface area (Å²) >= 11 is 1.32. The number of aryl methyl sites for hydroxylation is 1. The molecule has 2 amide bonds. The van der Waals surface area contributed by atoms with E-state index < -0.39 is 0 Å². The largest absolute Gasteiger partial charge is 0.497 e. The van der Waals surface area contributed by atoms with Crippen molar-refractivity contribution < 1.29 is 19.1 Å². The minimum absolute atomic E-state index is 0.172. The Kier molecular flexibility index (Phi) is 7.74. The van der Waals surface area contributed by atoms with Crippen LogP contribution in [-0.4, -0.2) is 54.2 Å². The highest BCUT2D eigenvalue weighted by atomic mass is 32.1. The Morgan fingerprint density at radius 3 is 2.21 bits per heavy atom. The zero-order valence-electron chi connectivity index (χ0n) is 19.3. The van der Waals surface area contributed by atoms with Crippen LogP contribution in [0.1, 0.15) is 45.6 Å². The van der Waals surface area contributed by atoms with Gasteiger partial charge in [-0.15, -0.1) is 10.2 Å². The third-order valence-corrected chi connectivity index (χ3v) is 7.05. The van der Waals surface area contributed by atoms with E-state index in [1.54, 1.807) is 38.5 Å².